The normalized spacial score (nSPS) is 22.6. The molecular weight excluding hydrogens is 322 g/mol. The van der Waals surface area contributed by atoms with Crippen LogP contribution in [0.5, 0.6) is 0 Å². The largest absolute Gasteiger partial charge is 0.336 e. The summed E-state index contributed by atoms with van der Waals surface area (Å²) in [6, 6.07) is 8.85. The van der Waals surface area contributed by atoms with E-state index in [4.69, 9.17) is 0 Å². The molecule has 2 atom stereocenters. The van der Waals surface area contributed by atoms with Crippen molar-refractivity contribution < 1.29 is 9.72 Å². The molecule has 2 aliphatic heterocycles. The summed E-state index contributed by atoms with van der Waals surface area (Å²) in [5.41, 5.74) is 0.625. The van der Waals surface area contributed by atoms with Gasteiger partial charge in [0.15, 0.2) is 5.69 Å². The van der Waals surface area contributed by atoms with Gasteiger partial charge in [0, 0.05) is 37.4 Å². The second-order valence-corrected chi connectivity index (χ2v) is 6.57. The molecule has 0 radical (unpaired) electrons. The Morgan fingerprint density at radius 2 is 2.00 bits per heavy atom. The van der Waals surface area contributed by atoms with Crippen LogP contribution in [0.25, 0.3) is 5.69 Å². The highest BCUT2D eigenvalue weighted by atomic mass is 16.6. The first-order valence-electron chi connectivity index (χ1n) is 8.46. The Hall–Kier alpha value is -2.74. The first-order valence-corrected chi connectivity index (χ1v) is 8.46. The number of nitrogens with zero attached hydrogens (tertiary/aromatic N) is 4. The number of hydrogen-bond acceptors (Lipinski definition) is 5. The molecule has 0 aliphatic carbocycles. The van der Waals surface area contributed by atoms with Gasteiger partial charge in [0.1, 0.15) is 5.69 Å². The van der Waals surface area contributed by atoms with Crippen LogP contribution in [0.15, 0.2) is 36.5 Å². The maximum atomic E-state index is 12.8. The maximum absolute atomic E-state index is 12.8. The van der Waals surface area contributed by atoms with Crippen LogP contribution in [0.4, 0.5) is 5.69 Å². The van der Waals surface area contributed by atoms with Gasteiger partial charge in [-0.25, -0.2) is 4.68 Å². The van der Waals surface area contributed by atoms with Gasteiger partial charge in [-0.3, -0.25) is 14.9 Å². The zero-order chi connectivity index (χ0) is 17.4. The number of rotatable bonds is 3. The van der Waals surface area contributed by atoms with Crippen LogP contribution in [-0.2, 0) is 0 Å². The number of carbonyl (C=O) groups is 1. The number of para-hydroxylation sites is 2. The number of carbonyl (C=O) groups excluding carboxylic acids is 1. The first-order chi connectivity index (χ1) is 12.1. The van der Waals surface area contributed by atoms with E-state index >= 15 is 0 Å². The lowest BCUT2D eigenvalue weighted by molar-refractivity contribution is -0.384. The standard InChI is InChI=1S/C17H19N5O3/c23-17(20-9-7-12-5-6-13(11-20)18-12)14-8-10-21(19-14)15-3-1-2-4-16(15)22(24)25/h1-4,8,10,12-13,18H,5-7,9,11H2. The lowest BCUT2D eigenvalue weighted by Crippen LogP contribution is -2.39. The summed E-state index contributed by atoms with van der Waals surface area (Å²) in [4.78, 5) is 25.3. The van der Waals surface area contributed by atoms with Crippen LogP contribution in [0.2, 0.25) is 0 Å². The van der Waals surface area contributed by atoms with E-state index in [1.165, 1.54) is 17.2 Å². The summed E-state index contributed by atoms with van der Waals surface area (Å²) in [6.45, 7) is 1.40. The van der Waals surface area contributed by atoms with Gasteiger partial charge >= 0.3 is 0 Å². The third-order valence-corrected chi connectivity index (χ3v) is 4.94. The van der Waals surface area contributed by atoms with Gasteiger partial charge in [-0.2, -0.15) is 5.10 Å². The van der Waals surface area contributed by atoms with Crippen LogP contribution in [0.3, 0.4) is 0 Å². The van der Waals surface area contributed by atoms with Crippen molar-refractivity contribution in [2.45, 2.75) is 31.3 Å². The molecule has 2 unspecified atom stereocenters. The molecule has 8 heteroatoms. The first kappa shape index (κ1) is 15.8. The van der Waals surface area contributed by atoms with E-state index in [2.05, 4.69) is 10.4 Å². The molecule has 2 aromatic rings. The molecule has 2 fully saturated rings. The van der Waals surface area contributed by atoms with E-state index < -0.39 is 4.92 Å². The van der Waals surface area contributed by atoms with E-state index in [0.717, 1.165) is 12.8 Å². The van der Waals surface area contributed by atoms with Gasteiger partial charge in [0.05, 0.1) is 4.92 Å². The average Bonchev–Trinajstić information content (AvgIpc) is 3.21. The van der Waals surface area contributed by atoms with Crippen LogP contribution >= 0.6 is 0 Å². The van der Waals surface area contributed by atoms with Gasteiger partial charge in [-0.15, -0.1) is 0 Å². The minimum absolute atomic E-state index is 0.0409. The highest BCUT2D eigenvalue weighted by molar-refractivity contribution is 5.92. The van der Waals surface area contributed by atoms with Crippen LogP contribution < -0.4 is 5.32 Å². The van der Waals surface area contributed by atoms with Crippen molar-refractivity contribution in [3.8, 4) is 5.69 Å². The van der Waals surface area contributed by atoms with E-state index in [0.29, 0.717) is 36.6 Å². The van der Waals surface area contributed by atoms with Crippen LogP contribution in [-0.4, -0.2) is 50.7 Å². The topological polar surface area (TPSA) is 93.3 Å². The average molecular weight is 341 g/mol. The van der Waals surface area contributed by atoms with E-state index in [9.17, 15) is 14.9 Å². The summed E-state index contributed by atoms with van der Waals surface area (Å²) in [6.07, 6.45) is 4.82. The molecular formula is C17H19N5O3. The number of fused-ring (bicyclic) bond motifs is 2. The van der Waals surface area contributed by atoms with Crippen molar-refractivity contribution >= 4 is 11.6 Å². The number of hydrogen-bond donors (Lipinski definition) is 1. The zero-order valence-electron chi connectivity index (χ0n) is 13.7. The molecule has 2 bridgehead atoms. The highest BCUT2D eigenvalue weighted by Gasteiger charge is 2.32. The zero-order valence-corrected chi connectivity index (χ0v) is 13.7. The fraction of sp³-hybridized carbons (Fsp3) is 0.412. The van der Waals surface area contributed by atoms with Gasteiger partial charge in [-0.1, -0.05) is 12.1 Å². The number of aromatic nitrogens is 2. The third-order valence-electron chi connectivity index (χ3n) is 4.94. The predicted octanol–water partition coefficient (Wildman–Crippen LogP) is 1.75. The van der Waals surface area contributed by atoms with Crippen molar-refractivity contribution in [1.29, 1.82) is 0 Å². The molecule has 25 heavy (non-hydrogen) atoms. The Labute approximate surface area is 144 Å². The molecule has 8 nitrogen and oxygen atoms in total. The van der Waals surface area contributed by atoms with E-state index in [1.807, 2.05) is 4.90 Å². The van der Waals surface area contributed by atoms with Crippen molar-refractivity contribution in [1.82, 2.24) is 20.0 Å². The fourth-order valence-electron chi connectivity index (χ4n) is 3.67. The predicted molar refractivity (Wildman–Crippen MR) is 90.7 cm³/mol. The van der Waals surface area contributed by atoms with Crippen LogP contribution in [0.1, 0.15) is 29.8 Å². The minimum Gasteiger partial charge on any atom is -0.336 e. The van der Waals surface area contributed by atoms with Gasteiger partial charge in [0.25, 0.3) is 11.6 Å². The summed E-state index contributed by atoms with van der Waals surface area (Å²) in [5, 5.41) is 19.0. The summed E-state index contributed by atoms with van der Waals surface area (Å²) in [7, 11) is 0. The second-order valence-electron chi connectivity index (χ2n) is 6.57. The molecule has 1 amide bonds. The van der Waals surface area contributed by atoms with Crippen molar-refractivity contribution in [3.05, 3.63) is 52.3 Å². The Kier molecular flexibility index (Phi) is 3.96. The highest BCUT2D eigenvalue weighted by Crippen LogP contribution is 2.23. The van der Waals surface area contributed by atoms with Crippen molar-refractivity contribution in [2.75, 3.05) is 13.1 Å². The van der Waals surface area contributed by atoms with Crippen molar-refractivity contribution in [3.63, 3.8) is 0 Å². The Morgan fingerprint density at radius 1 is 1.20 bits per heavy atom. The molecule has 1 aromatic carbocycles. The van der Waals surface area contributed by atoms with Gasteiger partial charge < -0.3 is 10.2 Å². The minimum atomic E-state index is -0.449. The summed E-state index contributed by atoms with van der Waals surface area (Å²) in [5.74, 6) is -0.119. The molecule has 130 valence electrons. The third kappa shape index (κ3) is 3.00. The molecule has 0 spiro atoms. The maximum Gasteiger partial charge on any atom is 0.294 e. The van der Waals surface area contributed by atoms with Crippen LogP contribution in [0, 0.1) is 10.1 Å². The fourth-order valence-corrected chi connectivity index (χ4v) is 3.67. The molecule has 2 aliphatic rings. The molecule has 2 saturated heterocycles. The Morgan fingerprint density at radius 3 is 2.84 bits per heavy atom. The van der Waals surface area contributed by atoms with Crippen molar-refractivity contribution in [2.24, 2.45) is 0 Å². The molecule has 1 N–H and O–H groups in total. The number of amides is 1. The van der Waals surface area contributed by atoms with E-state index in [1.54, 1.807) is 30.5 Å². The summed E-state index contributed by atoms with van der Waals surface area (Å²) >= 11 is 0. The SMILES string of the molecule is O=C(c1ccn(-c2ccccc2[N+](=O)[O-])n1)N1CCC2CCC(C1)N2. The Bertz CT molecular complexity index is 818. The Balaban J connectivity index is 1.57. The molecule has 1 aromatic heterocycles. The molecule has 0 saturated carbocycles. The lowest BCUT2D eigenvalue weighted by atomic mass is 10.1. The number of nitro groups is 1. The number of nitrogens with one attached hydrogen (secondary N) is 1. The number of likely N-dealkylation sites (tertiary alicyclic amines) is 1. The second kappa shape index (κ2) is 6.29. The molecule has 4 rings (SSSR count). The summed E-state index contributed by atoms with van der Waals surface area (Å²) < 4.78 is 1.40. The van der Waals surface area contributed by atoms with Gasteiger partial charge in [-0.05, 0) is 31.4 Å². The number of nitro benzene ring substituents is 1. The van der Waals surface area contributed by atoms with Gasteiger partial charge in [0.2, 0.25) is 0 Å². The quantitative estimate of drug-likeness (QED) is 0.678. The molecule has 3 heterocycles. The van der Waals surface area contributed by atoms with E-state index in [-0.39, 0.29) is 11.6 Å². The lowest BCUT2D eigenvalue weighted by Gasteiger charge is -2.23. The number of benzene rings is 1. The smallest absolute Gasteiger partial charge is 0.294 e. The monoisotopic (exact) mass is 341 g/mol.